The zero-order valence-electron chi connectivity index (χ0n) is 21.5. The van der Waals surface area contributed by atoms with Gasteiger partial charge in [-0.25, -0.2) is 9.37 Å². The maximum Gasteiger partial charge on any atom is 0.260 e. The number of rotatable bonds is 7. The highest BCUT2D eigenvalue weighted by atomic mass is 19.1. The topological polar surface area (TPSA) is 76.7 Å². The lowest BCUT2D eigenvalue weighted by atomic mass is 9.75. The summed E-state index contributed by atoms with van der Waals surface area (Å²) < 4.78 is 22.5. The lowest BCUT2D eigenvalue weighted by molar-refractivity contribution is -0.0233. The molecule has 1 spiro atoms. The average Bonchev–Trinajstić information content (AvgIpc) is 3.30. The number of anilines is 1. The minimum atomic E-state index is -0.610. The molecule has 0 unspecified atom stereocenters. The van der Waals surface area contributed by atoms with Crippen molar-refractivity contribution >= 4 is 22.1 Å². The number of alkyl halides is 1. The highest BCUT2D eigenvalue weighted by Crippen LogP contribution is 2.42. The number of fused-ring (bicyclic) bond motifs is 2. The van der Waals surface area contributed by atoms with E-state index in [1.807, 2.05) is 35.1 Å². The molecule has 0 radical (unpaired) electrons. The Balaban J connectivity index is 1.06. The summed E-state index contributed by atoms with van der Waals surface area (Å²) in [6.07, 6.45) is 12.5. The Hall–Kier alpha value is -3.30. The third-order valence-electron chi connectivity index (χ3n) is 8.51. The molecule has 0 atom stereocenters. The fourth-order valence-corrected chi connectivity index (χ4v) is 6.35. The molecule has 1 N–H and O–H groups in total. The van der Waals surface area contributed by atoms with E-state index in [0.717, 1.165) is 73.8 Å². The highest BCUT2D eigenvalue weighted by Gasteiger charge is 2.44. The second kappa shape index (κ2) is 9.47. The molecule has 9 heteroatoms. The minimum Gasteiger partial charge on any atom is -0.381 e. The molecular weight excluding hydrogens is 483 g/mol. The molecule has 0 amide bonds. The predicted octanol–water partition coefficient (Wildman–Crippen LogP) is 3.55. The third-order valence-corrected chi connectivity index (χ3v) is 8.51. The largest absolute Gasteiger partial charge is 0.381 e. The number of ether oxygens (including phenoxy) is 1. The van der Waals surface area contributed by atoms with E-state index in [0.29, 0.717) is 30.7 Å². The van der Waals surface area contributed by atoms with Crippen LogP contribution in [0.5, 0.6) is 0 Å². The second-order valence-electron chi connectivity index (χ2n) is 11.5. The van der Waals surface area contributed by atoms with Crippen LogP contribution < -0.4 is 15.8 Å². The molecule has 0 bridgehead atoms. The summed E-state index contributed by atoms with van der Waals surface area (Å²) in [6.45, 7) is 5.58. The van der Waals surface area contributed by atoms with Crippen molar-refractivity contribution in [3.63, 3.8) is 0 Å². The van der Waals surface area contributed by atoms with Crippen molar-refractivity contribution in [3.05, 3.63) is 70.8 Å². The number of nitrogens with zero attached hydrogens (tertiary/aromatic N) is 5. The Bertz CT molecular complexity index is 1530. The molecule has 0 aromatic carbocycles. The number of halogens is 1. The molecule has 3 aliphatic rings. The van der Waals surface area contributed by atoms with Crippen LogP contribution in [0.25, 0.3) is 16.4 Å². The quantitative estimate of drug-likeness (QED) is 0.405. The van der Waals surface area contributed by atoms with Gasteiger partial charge in [-0.2, -0.15) is 0 Å². The van der Waals surface area contributed by atoms with E-state index in [2.05, 4.69) is 27.5 Å². The monoisotopic (exact) mass is 516 g/mol. The van der Waals surface area contributed by atoms with Gasteiger partial charge in [0.05, 0.1) is 36.1 Å². The standard InChI is InChI=1S/C29H33FN6O2/c30-22-8-21(9-22)11-31-10-20-2-3-27-33-23(16-35(27)14-20)15-34-6-4-24-25(28(34)37)12-32-13-26(24)36-17-29(18-36)5-1-7-38-19-29/h2-4,6,12-14,16,21-22,31H,1,5,7-11,15,17-19H2. The zero-order chi connectivity index (χ0) is 25.7. The first-order valence-corrected chi connectivity index (χ1v) is 13.7. The van der Waals surface area contributed by atoms with E-state index < -0.39 is 6.17 Å². The Labute approximate surface area is 220 Å². The van der Waals surface area contributed by atoms with E-state index in [-0.39, 0.29) is 11.0 Å². The van der Waals surface area contributed by atoms with Crippen molar-refractivity contribution in [2.24, 2.45) is 11.3 Å². The van der Waals surface area contributed by atoms with Crippen molar-refractivity contribution in [3.8, 4) is 0 Å². The van der Waals surface area contributed by atoms with Crippen LogP contribution in [0.3, 0.4) is 0 Å². The van der Waals surface area contributed by atoms with Crippen molar-refractivity contribution in [2.45, 2.75) is 44.9 Å². The molecule has 198 valence electrons. The molecule has 2 saturated heterocycles. The van der Waals surface area contributed by atoms with Crippen LogP contribution in [0.1, 0.15) is 36.9 Å². The van der Waals surface area contributed by atoms with Crippen LogP contribution >= 0.6 is 0 Å². The van der Waals surface area contributed by atoms with Crippen LogP contribution in [0.15, 0.2) is 54.0 Å². The maximum atomic E-state index is 13.4. The van der Waals surface area contributed by atoms with Gasteiger partial charge in [0.15, 0.2) is 0 Å². The minimum absolute atomic E-state index is 0.0541. The number of aromatic nitrogens is 4. The van der Waals surface area contributed by atoms with E-state index >= 15 is 0 Å². The molecular formula is C29H33FN6O2. The summed E-state index contributed by atoms with van der Waals surface area (Å²) in [5.74, 6) is 0.453. The lowest BCUT2D eigenvalue weighted by Gasteiger charge is -2.53. The normalized spacial score (nSPS) is 22.6. The molecule has 4 aromatic heterocycles. The third kappa shape index (κ3) is 4.37. The van der Waals surface area contributed by atoms with Crippen molar-refractivity contribution in [1.29, 1.82) is 0 Å². The molecule has 38 heavy (non-hydrogen) atoms. The van der Waals surface area contributed by atoms with Gasteiger partial charge in [0, 0.05) is 61.8 Å². The Morgan fingerprint density at radius 3 is 2.84 bits per heavy atom. The van der Waals surface area contributed by atoms with Gasteiger partial charge in [-0.1, -0.05) is 6.07 Å². The van der Waals surface area contributed by atoms with Crippen molar-refractivity contribution < 1.29 is 9.13 Å². The summed E-state index contributed by atoms with van der Waals surface area (Å²) in [5, 5.41) is 5.02. The first kappa shape index (κ1) is 23.8. The first-order valence-electron chi connectivity index (χ1n) is 13.7. The van der Waals surface area contributed by atoms with Gasteiger partial charge in [0.1, 0.15) is 11.8 Å². The summed E-state index contributed by atoms with van der Waals surface area (Å²) >= 11 is 0. The number of nitrogens with one attached hydrogen (secondary N) is 1. The van der Waals surface area contributed by atoms with Crippen LogP contribution in [-0.2, 0) is 17.8 Å². The van der Waals surface area contributed by atoms with Gasteiger partial charge < -0.3 is 23.9 Å². The predicted molar refractivity (Wildman–Crippen MR) is 144 cm³/mol. The average molecular weight is 517 g/mol. The summed E-state index contributed by atoms with van der Waals surface area (Å²) in [7, 11) is 0. The van der Waals surface area contributed by atoms with E-state index in [1.54, 1.807) is 10.8 Å². The summed E-state index contributed by atoms with van der Waals surface area (Å²) in [5.41, 5.74) is 4.04. The zero-order valence-corrected chi connectivity index (χ0v) is 21.5. The van der Waals surface area contributed by atoms with Crippen LogP contribution in [-0.4, -0.2) is 58.0 Å². The lowest BCUT2D eigenvalue weighted by Crippen LogP contribution is -2.60. The van der Waals surface area contributed by atoms with Gasteiger partial charge in [-0.05, 0) is 55.8 Å². The van der Waals surface area contributed by atoms with E-state index in [9.17, 15) is 9.18 Å². The molecule has 8 nitrogen and oxygen atoms in total. The molecule has 1 saturated carbocycles. The second-order valence-corrected chi connectivity index (χ2v) is 11.5. The van der Waals surface area contributed by atoms with Gasteiger partial charge in [0.25, 0.3) is 5.56 Å². The number of hydrogen-bond acceptors (Lipinski definition) is 6. The molecule has 4 aromatic rings. The van der Waals surface area contributed by atoms with Crippen LogP contribution in [0.2, 0.25) is 0 Å². The molecule has 2 aliphatic heterocycles. The molecule has 3 fully saturated rings. The molecule has 1 aliphatic carbocycles. The van der Waals surface area contributed by atoms with Gasteiger partial charge in [-0.15, -0.1) is 0 Å². The van der Waals surface area contributed by atoms with Gasteiger partial charge in [-0.3, -0.25) is 9.78 Å². The van der Waals surface area contributed by atoms with Crippen molar-refractivity contribution in [1.82, 2.24) is 24.3 Å². The SMILES string of the molecule is O=c1c2cncc(N3CC4(CCCOC4)C3)c2ccn1Cc1cn2cc(CNCC3CC(F)C3)ccc2n1. The Kier molecular flexibility index (Phi) is 5.93. The highest BCUT2D eigenvalue weighted by molar-refractivity contribution is 5.93. The summed E-state index contributed by atoms with van der Waals surface area (Å²) in [4.78, 5) is 24.9. The first-order chi connectivity index (χ1) is 18.6. The van der Waals surface area contributed by atoms with Gasteiger partial charge in [0.2, 0.25) is 0 Å². The smallest absolute Gasteiger partial charge is 0.260 e. The number of imidazole rings is 1. The van der Waals surface area contributed by atoms with E-state index in [4.69, 9.17) is 9.72 Å². The van der Waals surface area contributed by atoms with E-state index in [1.165, 1.54) is 6.42 Å². The van der Waals surface area contributed by atoms with Crippen LogP contribution in [0.4, 0.5) is 10.1 Å². The Morgan fingerprint density at radius 1 is 1.13 bits per heavy atom. The summed E-state index contributed by atoms with van der Waals surface area (Å²) in [6, 6.07) is 6.09. The number of hydrogen-bond donors (Lipinski definition) is 1. The van der Waals surface area contributed by atoms with Crippen molar-refractivity contribution in [2.75, 3.05) is 37.7 Å². The Morgan fingerprint density at radius 2 is 2.03 bits per heavy atom. The fraction of sp³-hybridized carbons (Fsp3) is 0.483. The molecule has 6 heterocycles. The van der Waals surface area contributed by atoms with Gasteiger partial charge >= 0.3 is 0 Å². The van der Waals surface area contributed by atoms with Crippen LogP contribution in [0, 0.1) is 11.3 Å². The molecule has 7 rings (SSSR count). The number of pyridine rings is 3. The fourth-order valence-electron chi connectivity index (χ4n) is 6.35. The maximum absolute atomic E-state index is 13.4.